The average molecular weight is 394 g/mol. The first-order chi connectivity index (χ1) is 12.0. The molecular formula is C18H13Cl2NO3S. The van der Waals surface area contributed by atoms with E-state index in [0.29, 0.717) is 17.2 Å². The van der Waals surface area contributed by atoms with Crippen molar-refractivity contribution < 1.29 is 13.2 Å². The van der Waals surface area contributed by atoms with Gasteiger partial charge in [-0.3, -0.25) is 4.72 Å². The molecule has 128 valence electrons. The molecule has 0 aromatic heterocycles. The van der Waals surface area contributed by atoms with E-state index in [-0.39, 0.29) is 14.9 Å². The van der Waals surface area contributed by atoms with Crippen LogP contribution in [0.5, 0.6) is 11.5 Å². The summed E-state index contributed by atoms with van der Waals surface area (Å²) < 4.78 is 33.5. The van der Waals surface area contributed by atoms with Crippen molar-refractivity contribution >= 4 is 38.9 Å². The molecule has 0 aliphatic heterocycles. The molecule has 3 aromatic rings. The molecule has 4 nitrogen and oxygen atoms in total. The lowest BCUT2D eigenvalue weighted by Gasteiger charge is -2.13. The summed E-state index contributed by atoms with van der Waals surface area (Å²) in [6, 6.07) is 20.0. The van der Waals surface area contributed by atoms with Crippen LogP contribution in [-0.4, -0.2) is 8.42 Å². The van der Waals surface area contributed by atoms with E-state index in [9.17, 15) is 8.42 Å². The highest BCUT2D eigenvalue weighted by molar-refractivity contribution is 7.92. The highest BCUT2D eigenvalue weighted by atomic mass is 35.5. The molecule has 0 spiro atoms. The van der Waals surface area contributed by atoms with Gasteiger partial charge in [0.1, 0.15) is 5.75 Å². The number of ether oxygens (including phenoxy) is 1. The van der Waals surface area contributed by atoms with E-state index in [4.69, 9.17) is 27.9 Å². The Hall–Kier alpha value is -2.21. The monoisotopic (exact) mass is 393 g/mol. The number of sulfonamides is 1. The van der Waals surface area contributed by atoms with Crippen LogP contribution in [0.4, 0.5) is 5.69 Å². The van der Waals surface area contributed by atoms with Gasteiger partial charge < -0.3 is 4.74 Å². The van der Waals surface area contributed by atoms with Gasteiger partial charge in [-0.2, -0.15) is 0 Å². The van der Waals surface area contributed by atoms with Crippen molar-refractivity contribution in [3.8, 4) is 11.5 Å². The zero-order valence-electron chi connectivity index (χ0n) is 12.8. The Kier molecular flexibility index (Phi) is 5.18. The van der Waals surface area contributed by atoms with Crippen molar-refractivity contribution in [3.63, 3.8) is 0 Å². The normalized spacial score (nSPS) is 11.1. The van der Waals surface area contributed by atoms with Crippen LogP contribution in [0.3, 0.4) is 0 Å². The number of para-hydroxylation sites is 3. The maximum absolute atomic E-state index is 12.6. The Morgan fingerprint density at radius 2 is 1.48 bits per heavy atom. The first-order valence-corrected chi connectivity index (χ1v) is 9.49. The van der Waals surface area contributed by atoms with Gasteiger partial charge in [0.05, 0.1) is 20.6 Å². The Morgan fingerprint density at radius 3 is 2.20 bits per heavy atom. The van der Waals surface area contributed by atoms with Gasteiger partial charge in [0.2, 0.25) is 0 Å². The van der Waals surface area contributed by atoms with E-state index in [1.54, 1.807) is 36.4 Å². The van der Waals surface area contributed by atoms with Gasteiger partial charge in [-0.25, -0.2) is 8.42 Å². The molecule has 0 aliphatic rings. The molecule has 3 aromatic carbocycles. The smallest absolute Gasteiger partial charge is 0.262 e. The largest absolute Gasteiger partial charge is 0.455 e. The minimum atomic E-state index is -3.84. The van der Waals surface area contributed by atoms with E-state index >= 15 is 0 Å². The molecule has 0 unspecified atom stereocenters. The molecule has 25 heavy (non-hydrogen) atoms. The topological polar surface area (TPSA) is 55.4 Å². The number of anilines is 1. The molecule has 7 heteroatoms. The van der Waals surface area contributed by atoms with Crippen LogP contribution < -0.4 is 9.46 Å². The third kappa shape index (κ3) is 4.25. The number of hydrogen-bond acceptors (Lipinski definition) is 3. The predicted octanol–water partition coefficient (Wildman–Crippen LogP) is 5.59. The molecule has 0 aliphatic carbocycles. The van der Waals surface area contributed by atoms with Gasteiger partial charge in [0, 0.05) is 0 Å². The molecule has 0 heterocycles. The Balaban J connectivity index is 1.91. The summed E-state index contributed by atoms with van der Waals surface area (Å²) in [4.78, 5) is 0.0106. The van der Waals surface area contributed by atoms with Gasteiger partial charge in [0.25, 0.3) is 10.0 Å². The van der Waals surface area contributed by atoms with Crippen molar-refractivity contribution in [3.05, 3.63) is 82.8 Å². The standard InChI is InChI=1S/C18H13Cl2NO3S/c19-15-11-10-14(12-16(15)20)25(22,23)21-17-8-4-5-9-18(17)24-13-6-2-1-3-7-13/h1-12,21H. The summed E-state index contributed by atoms with van der Waals surface area (Å²) >= 11 is 11.8. The quantitative estimate of drug-likeness (QED) is 0.614. The summed E-state index contributed by atoms with van der Waals surface area (Å²) in [7, 11) is -3.84. The fraction of sp³-hybridized carbons (Fsp3) is 0. The Morgan fingerprint density at radius 1 is 0.800 bits per heavy atom. The SMILES string of the molecule is O=S(=O)(Nc1ccccc1Oc1ccccc1)c1ccc(Cl)c(Cl)c1. The first kappa shape index (κ1) is 17.6. The second-order valence-corrected chi connectivity index (χ2v) is 7.59. The van der Waals surface area contributed by atoms with Gasteiger partial charge in [-0.15, -0.1) is 0 Å². The molecule has 0 atom stereocenters. The van der Waals surface area contributed by atoms with Crippen molar-refractivity contribution in [1.29, 1.82) is 0 Å². The van der Waals surface area contributed by atoms with Crippen molar-refractivity contribution in [2.75, 3.05) is 4.72 Å². The molecule has 0 saturated heterocycles. The molecule has 0 saturated carbocycles. The van der Waals surface area contributed by atoms with E-state index < -0.39 is 10.0 Å². The Labute approximate surface area is 156 Å². The van der Waals surface area contributed by atoms with Gasteiger partial charge >= 0.3 is 0 Å². The second kappa shape index (κ2) is 7.35. The number of nitrogens with one attached hydrogen (secondary N) is 1. The third-order valence-corrected chi connectivity index (χ3v) is 5.41. The molecule has 0 fully saturated rings. The summed E-state index contributed by atoms with van der Waals surface area (Å²) in [6.07, 6.45) is 0. The molecule has 0 radical (unpaired) electrons. The van der Waals surface area contributed by atoms with E-state index in [0.717, 1.165) is 0 Å². The fourth-order valence-electron chi connectivity index (χ4n) is 2.10. The summed E-state index contributed by atoms with van der Waals surface area (Å²) in [5.41, 5.74) is 0.317. The molecule has 0 bridgehead atoms. The van der Waals surface area contributed by atoms with Crippen LogP contribution in [0.1, 0.15) is 0 Å². The van der Waals surface area contributed by atoms with Crippen LogP contribution in [0.2, 0.25) is 10.0 Å². The minimum absolute atomic E-state index is 0.0106. The lowest BCUT2D eigenvalue weighted by atomic mass is 10.3. The van der Waals surface area contributed by atoms with E-state index in [1.165, 1.54) is 18.2 Å². The van der Waals surface area contributed by atoms with Crippen LogP contribution >= 0.6 is 23.2 Å². The number of halogens is 2. The number of benzene rings is 3. The Bertz CT molecular complexity index is 992. The number of hydrogen-bond donors (Lipinski definition) is 1. The number of rotatable bonds is 5. The van der Waals surface area contributed by atoms with E-state index in [2.05, 4.69) is 4.72 Å². The predicted molar refractivity (Wildman–Crippen MR) is 100 cm³/mol. The second-order valence-electron chi connectivity index (χ2n) is 5.09. The first-order valence-electron chi connectivity index (χ1n) is 7.25. The summed E-state index contributed by atoms with van der Waals surface area (Å²) in [6.45, 7) is 0. The average Bonchev–Trinajstić information content (AvgIpc) is 2.60. The molecule has 3 rings (SSSR count). The van der Waals surface area contributed by atoms with Gasteiger partial charge in [-0.05, 0) is 42.5 Å². The van der Waals surface area contributed by atoms with Crippen molar-refractivity contribution in [2.24, 2.45) is 0 Å². The fourth-order valence-corrected chi connectivity index (χ4v) is 3.56. The summed E-state index contributed by atoms with van der Waals surface area (Å²) in [5.74, 6) is 0.987. The third-order valence-electron chi connectivity index (χ3n) is 3.30. The van der Waals surface area contributed by atoms with E-state index in [1.807, 2.05) is 18.2 Å². The van der Waals surface area contributed by atoms with Gasteiger partial charge in [0.15, 0.2) is 5.75 Å². The zero-order chi connectivity index (χ0) is 17.9. The minimum Gasteiger partial charge on any atom is -0.455 e. The molecular weight excluding hydrogens is 381 g/mol. The van der Waals surface area contributed by atoms with Crippen LogP contribution in [-0.2, 0) is 10.0 Å². The highest BCUT2D eigenvalue weighted by Crippen LogP contribution is 2.32. The van der Waals surface area contributed by atoms with Crippen LogP contribution in [0.15, 0.2) is 77.7 Å². The maximum atomic E-state index is 12.6. The lowest BCUT2D eigenvalue weighted by molar-refractivity contribution is 0.485. The van der Waals surface area contributed by atoms with Gasteiger partial charge in [-0.1, -0.05) is 53.5 Å². The maximum Gasteiger partial charge on any atom is 0.262 e. The zero-order valence-corrected chi connectivity index (χ0v) is 15.1. The lowest BCUT2D eigenvalue weighted by Crippen LogP contribution is -2.13. The highest BCUT2D eigenvalue weighted by Gasteiger charge is 2.18. The van der Waals surface area contributed by atoms with Crippen molar-refractivity contribution in [2.45, 2.75) is 4.90 Å². The van der Waals surface area contributed by atoms with Crippen molar-refractivity contribution in [1.82, 2.24) is 0 Å². The molecule has 0 amide bonds. The van der Waals surface area contributed by atoms with Crippen LogP contribution in [0.25, 0.3) is 0 Å². The summed E-state index contributed by atoms with van der Waals surface area (Å²) in [5, 5.41) is 0.451. The van der Waals surface area contributed by atoms with Crippen LogP contribution in [0, 0.1) is 0 Å². The molecule has 1 N–H and O–H groups in total.